The first-order chi connectivity index (χ1) is 14.3. The molecule has 0 saturated carbocycles. The molecule has 3 rings (SSSR count). The van der Waals surface area contributed by atoms with Gasteiger partial charge >= 0.3 is 12.3 Å². The van der Waals surface area contributed by atoms with Gasteiger partial charge in [0.15, 0.2) is 5.82 Å². The lowest BCUT2D eigenvalue weighted by Gasteiger charge is -2.10. The van der Waals surface area contributed by atoms with Crippen LogP contribution in [-0.4, -0.2) is 41.3 Å². The van der Waals surface area contributed by atoms with Gasteiger partial charge in [-0.3, -0.25) is 0 Å². The molecular formula is C19H16F3N3O5. The van der Waals surface area contributed by atoms with E-state index in [4.69, 9.17) is 9.47 Å². The van der Waals surface area contributed by atoms with Crippen molar-refractivity contribution in [3.63, 3.8) is 0 Å². The molecule has 30 heavy (non-hydrogen) atoms. The number of aromatic nitrogens is 3. The number of methoxy groups -OCH3 is 2. The van der Waals surface area contributed by atoms with Gasteiger partial charge in [0.25, 0.3) is 0 Å². The quantitative estimate of drug-likeness (QED) is 0.538. The van der Waals surface area contributed by atoms with E-state index in [-0.39, 0.29) is 17.9 Å². The number of hydrogen-bond donors (Lipinski definition) is 0. The molecule has 0 unspecified atom stereocenters. The predicted molar refractivity (Wildman–Crippen MR) is 96.7 cm³/mol. The molecule has 0 aliphatic heterocycles. The fourth-order valence-electron chi connectivity index (χ4n) is 2.48. The number of esters is 1. The zero-order chi connectivity index (χ0) is 21.7. The molecule has 3 aromatic rings. The molecule has 1 aromatic heterocycles. The number of rotatable bonds is 7. The van der Waals surface area contributed by atoms with Gasteiger partial charge in [0.1, 0.15) is 35.7 Å². The van der Waals surface area contributed by atoms with Crippen molar-refractivity contribution in [2.75, 3.05) is 14.2 Å². The molecular weight excluding hydrogens is 407 g/mol. The normalized spacial score (nSPS) is 11.1. The molecule has 0 saturated heterocycles. The smallest absolute Gasteiger partial charge is 0.496 e. The van der Waals surface area contributed by atoms with E-state index in [2.05, 4.69) is 19.6 Å². The third kappa shape index (κ3) is 5.19. The molecule has 0 aliphatic carbocycles. The molecule has 2 aromatic carbocycles. The summed E-state index contributed by atoms with van der Waals surface area (Å²) in [5, 5.41) is 4.21. The number of ether oxygens (including phenoxy) is 4. The lowest BCUT2D eigenvalue weighted by Crippen LogP contribution is -2.17. The van der Waals surface area contributed by atoms with E-state index < -0.39 is 12.3 Å². The molecule has 0 bridgehead atoms. The summed E-state index contributed by atoms with van der Waals surface area (Å²) in [6.45, 7) is 0.0169. The van der Waals surface area contributed by atoms with Gasteiger partial charge in [0.05, 0.1) is 19.9 Å². The van der Waals surface area contributed by atoms with Crippen molar-refractivity contribution in [2.24, 2.45) is 0 Å². The zero-order valence-electron chi connectivity index (χ0n) is 15.8. The molecule has 0 N–H and O–H groups in total. The molecule has 0 radical (unpaired) electrons. The van der Waals surface area contributed by atoms with E-state index in [0.29, 0.717) is 23.0 Å². The fourth-order valence-corrected chi connectivity index (χ4v) is 2.48. The Balaban J connectivity index is 1.65. The van der Waals surface area contributed by atoms with Crippen LogP contribution in [0.3, 0.4) is 0 Å². The molecule has 0 spiro atoms. The van der Waals surface area contributed by atoms with Crippen LogP contribution in [0.1, 0.15) is 16.2 Å². The minimum Gasteiger partial charge on any atom is -0.496 e. The summed E-state index contributed by atoms with van der Waals surface area (Å²) in [5.74, 6) is 0.176. The van der Waals surface area contributed by atoms with Gasteiger partial charge in [-0.05, 0) is 36.4 Å². The summed E-state index contributed by atoms with van der Waals surface area (Å²) in [6, 6.07) is 9.80. The Labute approximate surface area is 168 Å². The van der Waals surface area contributed by atoms with Gasteiger partial charge in [0, 0.05) is 6.07 Å². The van der Waals surface area contributed by atoms with Crippen molar-refractivity contribution >= 4 is 5.97 Å². The Kier molecular flexibility index (Phi) is 6.09. The Hall–Kier alpha value is -3.76. The number of nitrogens with zero attached hydrogens (tertiary/aromatic N) is 3. The van der Waals surface area contributed by atoms with Crippen LogP contribution in [-0.2, 0) is 11.3 Å². The summed E-state index contributed by atoms with van der Waals surface area (Å²) >= 11 is 0. The second kappa shape index (κ2) is 8.72. The van der Waals surface area contributed by atoms with Crippen LogP contribution in [0.15, 0.2) is 48.8 Å². The van der Waals surface area contributed by atoms with E-state index in [0.717, 1.165) is 0 Å². The number of hydrogen-bond acceptors (Lipinski definition) is 7. The van der Waals surface area contributed by atoms with Crippen molar-refractivity contribution in [3.8, 4) is 22.9 Å². The highest BCUT2D eigenvalue weighted by Gasteiger charge is 2.31. The van der Waals surface area contributed by atoms with E-state index in [1.54, 1.807) is 6.07 Å². The third-order valence-electron chi connectivity index (χ3n) is 3.82. The summed E-state index contributed by atoms with van der Waals surface area (Å²) in [5.41, 5.74) is 0.750. The highest BCUT2D eigenvalue weighted by atomic mass is 19.4. The second-order valence-electron chi connectivity index (χ2n) is 5.79. The predicted octanol–water partition coefficient (Wildman–Crippen LogP) is 3.54. The SMILES string of the molecule is COC(=O)c1ccc(OCc2ncn(-c3ccc(OC(F)(F)F)cc3)n2)cc1OC. The van der Waals surface area contributed by atoms with E-state index in [1.165, 1.54) is 61.6 Å². The van der Waals surface area contributed by atoms with Crippen LogP contribution < -0.4 is 14.2 Å². The molecule has 0 atom stereocenters. The zero-order valence-corrected chi connectivity index (χ0v) is 15.8. The Bertz CT molecular complexity index is 1020. The maximum Gasteiger partial charge on any atom is 0.573 e. The Morgan fingerprint density at radius 1 is 1.07 bits per heavy atom. The van der Waals surface area contributed by atoms with Crippen LogP contribution in [0, 0.1) is 0 Å². The fraction of sp³-hybridized carbons (Fsp3) is 0.211. The Morgan fingerprint density at radius 3 is 2.40 bits per heavy atom. The number of benzene rings is 2. The summed E-state index contributed by atoms with van der Waals surface area (Å²) in [4.78, 5) is 15.8. The van der Waals surface area contributed by atoms with Gasteiger partial charge in [-0.2, -0.15) is 0 Å². The van der Waals surface area contributed by atoms with E-state index in [9.17, 15) is 18.0 Å². The van der Waals surface area contributed by atoms with Gasteiger partial charge in [-0.1, -0.05) is 0 Å². The summed E-state index contributed by atoms with van der Waals surface area (Å²) in [6.07, 6.45) is -3.35. The number of carbonyl (C=O) groups excluding carboxylic acids is 1. The van der Waals surface area contributed by atoms with Crippen molar-refractivity contribution in [3.05, 3.63) is 60.2 Å². The maximum absolute atomic E-state index is 12.2. The van der Waals surface area contributed by atoms with Crippen molar-refractivity contribution in [1.29, 1.82) is 0 Å². The monoisotopic (exact) mass is 423 g/mol. The van der Waals surface area contributed by atoms with Gasteiger partial charge in [-0.25, -0.2) is 14.5 Å². The lowest BCUT2D eigenvalue weighted by molar-refractivity contribution is -0.274. The molecule has 1 heterocycles. The van der Waals surface area contributed by atoms with Crippen LogP contribution in [0.2, 0.25) is 0 Å². The van der Waals surface area contributed by atoms with Crippen LogP contribution in [0.4, 0.5) is 13.2 Å². The van der Waals surface area contributed by atoms with Crippen molar-refractivity contribution < 1.29 is 36.9 Å². The standard InChI is InChI=1S/C19H16F3N3O5/c1-27-16-9-14(7-8-15(16)18(26)28-2)29-10-17-23-11-25(24-17)12-3-5-13(6-4-12)30-19(20,21)22/h3-9,11H,10H2,1-2H3. The van der Waals surface area contributed by atoms with E-state index >= 15 is 0 Å². The molecule has 158 valence electrons. The van der Waals surface area contributed by atoms with Gasteiger partial charge < -0.3 is 18.9 Å². The van der Waals surface area contributed by atoms with Crippen molar-refractivity contribution in [2.45, 2.75) is 13.0 Å². The number of halogens is 3. The highest BCUT2D eigenvalue weighted by Crippen LogP contribution is 2.26. The van der Waals surface area contributed by atoms with Gasteiger partial charge in [0.2, 0.25) is 0 Å². The van der Waals surface area contributed by atoms with Crippen LogP contribution >= 0.6 is 0 Å². The van der Waals surface area contributed by atoms with Crippen LogP contribution in [0.25, 0.3) is 5.69 Å². The molecule has 0 amide bonds. The third-order valence-corrected chi connectivity index (χ3v) is 3.82. The number of carbonyl (C=O) groups is 1. The average Bonchev–Trinajstić information content (AvgIpc) is 3.20. The second-order valence-corrected chi connectivity index (χ2v) is 5.79. The minimum atomic E-state index is -4.75. The van der Waals surface area contributed by atoms with E-state index in [1.807, 2.05) is 0 Å². The first-order valence-corrected chi connectivity index (χ1v) is 8.45. The summed E-state index contributed by atoms with van der Waals surface area (Å²) < 4.78 is 57.3. The lowest BCUT2D eigenvalue weighted by atomic mass is 10.2. The van der Waals surface area contributed by atoms with Gasteiger partial charge in [-0.15, -0.1) is 18.3 Å². The first kappa shape index (κ1) is 21.0. The average molecular weight is 423 g/mol. The molecule has 0 fully saturated rings. The molecule has 8 nitrogen and oxygen atoms in total. The Morgan fingerprint density at radius 2 is 1.77 bits per heavy atom. The maximum atomic E-state index is 12.2. The highest BCUT2D eigenvalue weighted by molar-refractivity contribution is 5.92. The first-order valence-electron chi connectivity index (χ1n) is 8.45. The number of alkyl halides is 3. The molecule has 0 aliphatic rings. The van der Waals surface area contributed by atoms with Crippen LogP contribution in [0.5, 0.6) is 17.2 Å². The topological polar surface area (TPSA) is 84.7 Å². The largest absolute Gasteiger partial charge is 0.573 e. The van der Waals surface area contributed by atoms with Crippen molar-refractivity contribution in [1.82, 2.24) is 14.8 Å². The summed E-state index contributed by atoms with van der Waals surface area (Å²) in [7, 11) is 2.69. The molecule has 11 heteroatoms. The minimum absolute atomic E-state index is 0.0169.